The van der Waals surface area contributed by atoms with E-state index in [0.717, 1.165) is 48.8 Å². The maximum Gasteiger partial charge on any atom is 0.311 e. The number of nitrogens with zero attached hydrogens (tertiary/aromatic N) is 3. The molecule has 4 aromatic rings. The Kier molecular flexibility index (Phi) is 22.5. The van der Waals surface area contributed by atoms with Crippen LogP contribution in [0.15, 0.2) is 85.1 Å². The first-order valence-electron chi connectivity index (χ1n) is 27.2. The van der Waals surface area contributed by atoms with Crippen LogP contribution in [0, 0.1) is 11.8 Å². The normalized spacial score (nSPS) is 17.4. The molecule has 0 spiro atoms. The zero-order chi connectivity index (χ0) is 54.5. The molecule has 0 aliphatic carbocycles. The molecule has 2 aliphatic rings. The lowest BCUT2D eigenvalue weighted by atomic mass is 9.93. The molecule has 1 aromatic heterocycles. The van der Waals surface area contributed by atoms with E-state index in [0.29, 0.717) is 61.6 Å². The fourth-order valence-electron chi connectivity index (χ4n) is 9.50. The molecule has 412 valence electrons. The average molecular weight is 1050 g/mol. The van der Waals surface area contributed by atoms with E-state index in [2.05, 4.69) is 43.6 Å². The van der Waals surface area contributed by atoms with Crippen LogP contribution in [0.3, 0.4) is 0 Å². The van der Waals surface area contributed by atoms with Crippen LogP contribution in [0.2, 0.25) is 0 Å². The Morgan fingerprint density at radius 2 is 1.34 bits per heavy atom. The predicted molar refractivity (Wildman–Crippen MR) is 286 cm³/mol. The van der Waals surface area contributed by atoms with Crippen molar-refractivity contribution < 1.29 is 52.2 Å². The topological polar surface area (TPSA) is 232 Å². The number of carbonyl (C=O) groups is 6. The van der Waals surface area contributed by atoms with Crippen molar-refractivity contribution in [3.63, 3.8) is 0 Å². The van der Waals surface area contributed by atoms with Gasteiger partial charge in [0.05, 0.1) is 25.9 Å². The smallest absolute Gasteiger partial charge is 0.311 e. The van der Waals surface area contributed by atoms with Gasteiger partial charge in [0.1, 0.15) is 55.7 Å². The number of benzene rings is 3. The molecule has 0 radical (unpaired) electrons. The number of amides is 4. The van der Waals surface area contributed by atoms with E-state index in [1.165, 1.54) is 0 Å². The number of unbranched alkanes of at least 4 members (excludes halogenated alkanes) is 4. The Morgan fingerprint density at radius 3 is 1.99 bits per heavy atom. The molecule has 0 unspecified atom stereocenters. The standard InChI is InChI=1S/C58H80N8O10/c1-7-8-9-10-17-22-53(68)76-50-26-24-44(34-51(50)74-38-45-35-59-65-64-45)36-66(27-29-73-30-28-66)37-52(67)60-46(25-23-42-18-13-11-14-19-42)55(70)62-48(32-41(4)5)56(71)63-49(33-43-20-15-12-16-21-43)57(72)61-47(31-40(2)3)54(69)58(6)39-75-58/h11-16,18-21,24,26,34-35,40-41,46-49H,7-10,17,22-23,25,27-33,36-39H2,1-6H3,(H4-,59,60,61,62,63,64,65,67,70,71,72)/p+1/t46-,47-,48-,49-,58+/m0/s1. The maximum absolute atomic E-state index is 14.7. The summed E-state index contributed by atoms with van der Waals surface area (Å²) in [7, 11) is 0. The molecular formula is C58H81N8O10+. The minimum Gasteiger partial charge on any atom is -0.483 e. The number of aromatic amines is 1. The molecule has 6 rings (SSSR count). The van der Waals surface area contributed by atoms with Gasteiger partial charge in [-0.05, 0) is 80.2 Å². The van der Waals surface area contributed by atoms with E-state index in [1.807, 2.05) is 100 Å². The SMILES string of the molecule is CCCCCCCC(=O)Oc1ccc(C[N+]2(CC(=O)N[C@@H](CCc3ccccc3)C(=O)N[C@@H](CC(C)C)C(=O)N[C@@H](Cc3ccccc3)C(=O)N[C@@H](CC(C)C)C(=O)[C@@]3(C)CO3)CCOCC2)cc1OCc1c[nH]nn1. The number of morpholine rings is 1. The number of carbonyl (C=O) groups excluding carboxylic acids is 6. The van der Waals surface area contributed by atoms with Crippen LogP contribution in [-0.4, -0.2) is 124 Å². The van der Waals surface area contributed by atoms with Gasteiger partial charge in [0.2, 0.25) is 17.7 Å². The van der Waals surface area contributed by atoms with Gasteiger partial charge in [-0.25, -0.2) is 0 Å². The van der Waals surface area contributed by atoms with E-state index < -0.39 is 47.5 Å². The molecule has 2 saturated heterocycles. The number of rotatable bonds is 32. The van der Waals surface area contributed by atoms with E-state index in [9.17, 15) is 28.8 Å². The van der Waals surface area contributed by atoms with Crippen LogP contribution in [0.1, 0.15) is 122 Å². The van der Waals surface area contributed by atoms with Crippen molar-refractivity contribution in [2.24, 2.45) is 11.8 Å². The molecule has 4 amide bonds. The lowest BCUT2D eigenvalue weighted by molar-refractivity contribution is -0.940. The summed E-state index contributed by atoms with van der Waals surface area (Å²) in [4.78, 5) is 84.5. The average Bonchev–Trinajstić information content (AvgIpc) is 3.93. The van der Waals surface area contributed by atoms with Gasteiger partial charge < -0.3 is 44.7 Å². The number of aromatic nitrogens is 3. The maximum atomic E-state index is 14.7. The van der Waals surface area contributed by atoms with Gasteiger partial charge in [0.25, 0.3) is 5.91 Å². The lowest BCUT2D eigenvalue weighted by Gasteiger charge is -2.41. The van der Waals surface area contributed by atoms with Gasteiger partial charge in [-0.1, -0.05) is 126 Å². The number of epoxide rings is 1. The second-order valence-corrected chi connectivity index (χ2v) is 21.6. The van der Waals surface area contributed by atoms with Gasteiger partial charge in [0, 0.05) is 24.6 Å². The van der Waals surface area contributed by atoms with Crippen LogP contribution in [0.4, 0.5) is 0 Å². The van der Waals surface area contributed by atoms with Gasteiger partial charge >= 0.3 is 5.97 Å². The second-order valence-electron chi connectivity index (χ2n) is 21.6. The minimum absolute atomic E-state index is 0.0140. The minimum atomic E-state index is -1.09. The molecule has 2 fully saturated rings. The highest BCUT2D eigenvalue weighted by Crippen LogP contribution is 2.32. The van der Waals surface area contributed by atoms with Gasteiger partial charge in [-0.3, -0.25) is 33.9 Å². The number of esters is 1. The van der Waals surface area contributed by atoms with Crippen molar-refractivity contribution in [1.82, 2.24) is 36.7 Å². The number of Topliss-reactive ketones (excluding diaryl/α,β-unsaturated/α-hetero) is 1. The third-order valence-corrected chi connectivity index (χ3v) is 13.9. The molecular weight excluding hydrogens is 969 g/mol. The number of nitrogens with one attached hydrogen (secondary N) is 5. The summed E-state index contributed by atoms with van der Waals surface area (Å²) in [5.74, 6) is -1.90. The molecule has 5 atom stereocenters. The first kappa shape index (κ1) is 58.8. The monoisotopic (exact) mass is 1050 g/mol. The van der Waals surface area contributed by atoms with Crippen LogP contribution < -0.4 is 30.7 Å². The molecule has 0 saturated carbocycles. The third kappa shape index (κ3) is 19.0. The van der Waals surface area contributed by atoms with Crippen molar-refractivity contribution in [2.45, 2.75) is 155 Å². The third-order valence-electron chi connectivity index (χ3n) is 13.9. The van der Waals surface area contributed by atoms with E-state index in [4.69, 9.17) is 18.9 Å². The summed E-state index contributed by atoms with van der Waals surface area (Å²) in [5, 5.41) is 22.4. The number of hydrogen-bond acceptors (Lipinski definition) is 12. The van der Waals surface area contributed by atoms with Crippen LogP contribution >= 0.6 is 0 Å². The van der Waals surface area contributed by atoms with E-state index >= 15 is 0 Å². The molecule has 18 heteroatoms. The zero-order valence-electron chi connectivity index (χ0n) is 45.4. The molecule has 3 heterocycles. The van der Waals surface area contributed by atoms with Crippen molar-refractivity contribution in [3.05, 3.63) is 107 Å². The Hall–Kier alpha value is -6.50. The molecule has 0 bridgehead atoms. The number of hydrogen-bond donors (Lipinski definition) is 5. The second kappa shape index (κ2) is 29.1. The number of ketones is 1. The Labute approximate surface area is 448 Å². The summed E-state index contributed by atoms with van der Waals surface area (Å²) in [6.07, 6.45) is 8.33. The predicted octanol–water partition coefficient (Wildman–Crippen LogP) is 6.26. The highest BCUT2D eigenvalue weighted by molar-refractivity contribution is 5.99. The Balaban J connectivity index is 1.20. The van der Waals surface area contributed by atoms with Crippen molar-refractivity contribution in [2.75, 3.05) is 39.5 Å². The lowest BCUT2D eigenvalue weighted by Crippen LogP contribution is -2.61. The fourth-order valence-corrected chi connectivity index (χ4v) is 9.50. The van der Waals surface area contributed by atoms with Gasteiger partial charge in [-0.2, -0.15) is 0 Å². The Morgan fingerprint density at radius 1 is 0.724 bits per heavy atom. The van der Waals surface area contributed by atoms with Gasteiger partial charge in [0.15, 0.2) is 23.8 Å². The largest absolute Gasteiger partial charge is 0.483 e. The highest BCUT2D eigenvalue weighted by Gasteiger charge is 2.50. The summed E-state index contributed by atoms with van der Waals surface area (Å²) >= 11 is 0. The highest BCUT2D eigenvalue weighted by atomic mass is 16.6. The van der Waals surface area contributed by atoms with Crippen molar-refractivity contribution in [3.8, 4) is 11.5 Å². The molecule has 3 aromatic carbocycles. The van der Waals surface area contributed by atoms with Crippen molar-refractivity contribution in [1.29, 1.82) is 0 Å². The first-order chi connectivity index (χ1) is 36.5. The first-order valence-corrected chi connectivity index (χ1v) is 27.2. The van der Waals surface area contributed by atoms with Crippen molar-refractivity contribution >= 4 is 35.4 Å². The van der Waals surface area contributed by atoms with Crippen LogP contribution in [0.5, 0.6) is 11.5 Å². The number of quaternary nitrogens is 1. The van der Waals surface area contributed by atoms with Gasteiger partial charge in [-0.15, -0.1) is 5.10 Å². The Bertz CT molecular complexity index is 2480. The quantitative estimate of drug-likeness (QED) is 0.0120. The van der Waals surface area contributed by atoms with E-state index in [1.54, 1.807) is 19.2 Å². The summed E-state index contributed by atoms with van der Waals surface area (Å²) in [5.41, 5.74) is 2.18. The molecule has 18 nitrogen and oxygen atoms in total. The van der Waals surface area contributed by atoms with Crippen LogP contribution in [0.25, 0.3) is 0 Å². The molecule has 5 N–H and O–H groups in total. The molecule has 2 aliphatic heterocycles. The summed E-state index contributed by atoms with van der Waals surface area (Å²) < 4.78 is 23.6. The zero-order valence-corrected chi connectivity index (χ0v) is 45.4. The number of H-pyrrole nitrogens is 1. The number of aryl methyl sites for hydroxylation is 1. The summed E-state index contributed by atoms with van der Waals surface area (Å²) in [6, 6.07) is 20.3. The van der Waals surface area contributed by atoms with Crippen LogP contribution in [-0.2, 0) is 64.2 Å². The number of ether oxygens (including phenoxy) is 4. The summed E-state index contributed by atoms with van der Waals surface area (Å²) in [6.45, 7) is 14.3. The van der Waals surface area contributed by atoms with E-state index in [-0.39, 0.29) is 80.7 Å². The fraction of sp³-hybridized carbons (Fsp3) is 0.552. The molecule has 76 heavy (non-hydrogen) atoms.